The van der Waals surface area contributed by atoms with E-state index in [1.54, 1.807) is 7.11 Å². The summed E-state index contributed by atoms with van der Waals surface area (Å²) in [4.78, 5) is 0. The van der Waals surface area contributed by atoms with Gasteiger partial charge in [-0.1, -0.05) is 26.8 Å². The lowest BCUT2D eigenvalue weighted by Gasteiger charge is -2.40. The van der Waals surface area contributed by atoms with Gasteiger partial charge in [0, 0.05) is 13.7 Å². The van der Waals surface area contributed by atoms with Crippen LogP contribution in [0.2, 0.25) is 18.1 Å². The van der Waals surface area contributed by atoms with Crippen LogP contribution in [0.1, 0.15) is 46.5 Å². The van der Waals surface area contributed by atoms with Crippen LogP contribution >= 0.6 is 0 Å². The molecule has 1 aliphatic rings. The van der Waals surface area contributed by atoms with Crippen molar-refractivity contribution in [1.82, 2.24) is 0 Å². The van der Waals surface area contributed by atoms with Gasteiger partial charge >= 0.3 is 0 Å². The zero-order valence-corrected chi connectivity index (χ0v) is 14.7. The Morgan fingerprint density at radius 1 is 1.26 bits per heavy atom. The van der Waals surface area contributed by atoms with Crippen LogP contribution < -0.4 is 0 Å². The van der Waals surface area contributed by atoms with E-state index in [0.717, 1.165) is 19.4 Å². The second-order valence-electron chi connectivity index (χ2n) is 7.49. The molecule has 112 valence electrons. The van der Waals surface area contributed by atoms with E-state index in [2.05, 4.69) is 40.4 Å². The van der Waals surface area contributed by atoms with Crippen LogP contribution in [-0.4, -0.2) is 27.6 Å². The first-order chi connectivity index (χ1) is 8.66. The predicted octanol–water partition coefficient (Wildman–Crippen LogP) is 4.77. The molecule has 0 atom stereocenters. The molecule has 1 fully saturated rings. The van der Waals surface area contributed by atoms with Crippen molar-refractivity contribution in [3.8, 4) is 0 Å². The standard InChI is InChI=1S/C16H32O2Si/c1-8-16(17-5)11-9-14(10-12-16)13-18-19(6,7)15(2,3)4/h8,14H,1,9-13H2,2-7H3. The summed E-state index contributed by atoms with van der Waals surface area (Å²) in [7, 11) is 0.207. The molecule has 19 heavy (non-hydrogen) atoms. The molecular formula is C16H32O2Si. The summed E-state index contributed by atoms with van der Waals surface area (Å²) in [6, 6.07) is 0. The van der Waals surface area contributed by atoms with E-state index in [1.165, 1.54) is 12.8 Å². The van der Waals surface area contributed by atoms with E-state index < -0.39 is 8.32 Å². The van der Waals surface area contributed by atoms with E-state index in [1.807, 2.05) is 6.08 Å². The molecule has 2 nitrogen and oxygen atoms in total. The third kappa shape index (κ3) is 4.17. The van der Waals surface area contributed by atoms with Crippen LogP contribution in [0.5, 0.6) is 0 Å². The number of hydrogen-bond donors (Lipinski definition) is 0. The Labute approximate surface area is 120 Å². The first-order valence-electron chi connectivity index (χ1n) is 7.48. The van der Waals surface area contributed by atoms with Crippen molar-refractivity contribution >= 4 is 8.32 Å². The molecule has 0 aromatic carbocycles. The monoisotopic (exact) mass is 284 g/mol. The van der Waals surface area contributed by atoms with Crippen LogP contribution in [0.3, 0.4) is 0 Å². The van der Waals surface area contributed by atoms with E-state index in [-0.39, 0.29) is 5.60 Å². The lowest BCUT2D eigenvalue weighted by atomic mass is 9.79. The molecule has 1 saturated carbocycles. The first kappa shape index (κ1) is 16.9. The van der Waals surface area contributed by atoms with Crippen molar-refractivity contribution in [3.63, 3.8) is 0 Å². The maximum Gasteiger partial charge on any atom is 0.191 e. The third-order valence-corrected chi connectivity index (χ3v) is 9.72. The maximum absolute atomic E-state index is 6.34. The minimum atomic E-state index is -1.59. The van der Waals surface area contributed by atoms with Gasteiger partial charge in [-0.05, 0) is 49.7 Å². The highest BCUT2D eigenvalue weighted by molar-refractivity contribution is 6.74. The predicted molar refractivity (Wildman–Crippen MR) is 85.0 cm³/mol. The number of ether oxygens (including phenoxy) is 1. The Balaban J connectivity index is 2.44. The van der Waals surface area contributed by atoms with Crippen molar-refractivity contribution in [2.45, 2.75) is 70.2 Å². The Kier molecular flexibility index (Phi) is 5.44. The van der Waals surface area contributed by atoms with Gasteiger partial charge in [0.05, 0.1) is 5.60 Å². The summed E-state index contributed by atoms with van der Waals surface area (Å²) in [6.45, 7) is 16.4. The summed E-state index contributed by atoms with van der Waals surface area (Å²) < 4.78 is 12.0. The molecule has 0 radical (unpaired) electrons. The molecule has 0 aliphatic heterocycles. The fourth-order valence-corrected chi connectivity index (χ4v) is 3.45. The molecule has 0 saturated heterocycles. The number of rotatable bonds is 5. The Bertz CT molecular complexity index is 296. The third-order valence-electron chi connectivity index (χ3n) is 5.22. The summed E-state index contributed by atoms with van der Waals surface area (Å²) in [6.07, 6.45) is 6.53. The second-order valence-corrected chi connectivity index (χ2v) is 12.3. The zero-order chi connectivity index (χ0) is 14.7. The van der Waals surface area contributed by atoms with E-state index >= 15 is 0 Å². The Morgan fingerprint density at radius 2 is 1.79 bits per heavy atom. The summed E-state index contributed by atoms with van der Waals surface area (Å²) >= 11 is 0. The molecule has 0 aromatic heterocycles. The molecule has 0 spiro atoms. The van der Waals surface area contributed by atoms with Crippen LogP contribution in [0, 0.1) is 5.92 Å². The van der Waals surface area contributed by atoms with Crippen molar-refractivity contribution in [1.29, 1.82) is 0 Å². The largest absolute Gasteiger partial charge is 0.417 e. The van der Waals surface area contributed by atoms with Gasteiger partial charge in [0.1, 0.15) is 0 Å². The zero-order valence-electron chi connectivity index (χ0n) is 13.7. The Hall–Kier alpha value is -0.123. The Morgan fingerprint density at radius 3 is 2.16 bits per heavy atom. The molecule has 1 aliphatic carbocycles. The molecule has 3 heteroatoms. The molecular weight excluding hydrogens is 252 g/mol. The average Bonchev–Trinajstić information content (AvgIpc) is 2.36. The van der Waals surface area contributed by atoms with Gasteiger partial charge in [-0.2, -0.15) is 0 Å². The molecule has 0 amide bonds. The van der Waals surface area contributed by atoms with Gasteiger partial charge in [-0.25, -0.2) is 0 Å². The highest BCUT2D eigenvalue weighted by Crippen LogP contribution is 2.39. The van der Waals surface area contributed by atoms with Crippen LogP contribution in [0.25, 0.3) is 0 Å². The molecule has 0 unspecified atom stereocenters. The summed E-state index contributed by atoms with van der Waals surface area (Å²) in [5.74, 6) is 0.692. The normalized spacial score (nSPS) is 29.3. The maximum atomic E-state index is 6.34. The van der Waals surface area contributed by atoms with Crippen LogP contribution in [0.15, 0.2) is 12.7 Å². The second kappa shape index (κ2) is 6.11. The number of methoxy groups -OCH3 is 1. The lowest BCUT2D eigenvalue weighted by molar-refractivity contribution is -0.0147. The minimum absolute atomic E-state index is 0.0759. The highest BCUT2D eigenvalue weighted by atomic mass is 28.4. The minimum Gasteiger partial charge on any atom is -0.417 e. The van der Waals surface area contributed by atoms with E-state index in [9.17, 15) is 0 Å². The highest BCUT2D eigenvalue weighted by Gasteiger charge is 2.39. The van der Waals surface area contributed by atoms with E-state index in [4.69, 9.17) is 9.16 Å². The van der Waals surface area contributed by atoms with Gasteiger partial charge in [0.15, 0.2) is 8.32 Å². The molecule has 0 N–H and O–H groups in total. The fourth-order valence-electron chi connectivity index (χ4n) is 2.37. The topological polar surface area (TPSA) is 18.5 Å². The van der Waals surface area contributed by atoms with Gasteiger partial charge < -0.3 is 9.16 Å². The summed E-state index contributed by atoms with van der Waals surface area (Å²) in [5, 5.41) is 0.305. The smallest absolute Gasteiger partial charge is 0.191 e. The van der Waals surface area contributed by atoms with Gasteiger partial charge in [-0.15, -0.1) is 6.58 Å². The van der Waals surface area contributed by atoms with Gasteiger partial charge in [0.25, 0.3) is 0 Å². The van der Waals surface area contributed by atoms with Gasteiger partial charge in [-0.3, -0.25) is 0 Å². The SMILES string of the molecule is C=CC1(OC)CCC(CO[Si](C)(C)C(C)(C)C)CC1. The van der Waals surface area contributed by atoms with Crippen molar-refractivity contribution in [3.05, 3.63) is 12.7 Å². The van der Waals surface area contributed by atoms with Crippen LogP contribution in [-0.2, 0) is 9.16 Å². The van der Waals surface area contributed by atoms with Crippen molar-refractivity contribution in [2.75, 3.05) is 13.7 Å². The van der Waals surface area contributed by atoms with Crippen LogP contribution in [0.4, 0.5) is 0 Å². The number of hydrogen-bond acceptors (Lipinski definition) is 2. The average molecular weight is 285 g/mol. The lowest BCUT2D eigenvalue weighted by Crippen LogP contribution is -2.43. The quantitative estimate of drug-likeness (QED) is 0.535. The molecule has 1 rings (SSSR count). The molecule has 0 aromatic rings. The van der Waals surface area contributed by atoms with E-state index in [0.29, 0.717) is 11.0 Å². The van der Waals surface area contributed by atoms with Crippen molar-refractivity contribution in [2.24, 2.45) is 5.92 Å². The van der Waals surface area contributed by atoms with Gasteiger partial charge in [0.2, 0.25) is 0 Å². The molecule has 0 bridgehead atoms. The summed E-state index contributed by atoms with van der Waals surface area (Å²) in [5.41, 5.74) is -0.0759. The van der Waals surface area contributed by atoms with Crippen molar-refractivity contribution < 1.29 is 9.16 Å². The fraction of sp³-hybridized carbons (Fsp3) is 0.875. The molecule has 0 heterocycles. The first-order valence-corrected chi connectivity index (χ1v) is 10.4.